The molecule has 0 bridgehead atoms. The summed E-state index contributed by atoms with van der Waals surface area (Å²) in [4.78, 5) is 18.5. The van der Waals surface area contributed by atoms with Gasteiger partial charge >= 0.3 is 0 Å². The highest BCUT2D eigenvalue weighted by Gasteiger charge is 2.24. The molecule has 0 fully saturated rings. The Bertz CT molecular complexity index is 1170. The minimum absolute atomic E-state index is 0.160. The number of para-hydroxylation sites is 1. The highest BCUT2D eigenvalue weighted by Crippen LogP contribution is 2.28. The Morgan fingerprint density at radius 2 is 1.94 bits per heavy atom. The zero-order chi connectivity index (χ0) is 22.3. The lowest BCUT2D eigenvalue weighted by Crippen LogP contribution is -2.30. The van der Waals surface area contributed by atoms with Gasteiger partial charge in [-0.05, 0) is 17.7 Å². The molecule has 2 aromatic carbocycles. The Hall–Kier alpha value is -4.08. The summed E-state index contributed by atoms with van der Waals surface area (Å²) in [6.45, 7) is 2.17. The van der Waals surface area contributed by atoms with Gasteiger partial charge in [0.15, 0.2) is 5.82 Å². The molecule has 4 rings (SSSR count). The number of hydrogen-bond donors (Lipinski definition) is 1. The molecule has 1 atom stereocenters. The molecule has 164 valence electrons. The standard InChI is InChI=1S/C22H23N7O3/c1-15-23-22(27-32-15)20(17-11-6-7-12-18(17)31-2)24-19(30)13-8-14-29-26-21(25-28-29)16-9-4-3-5-10-16/h3-7,9-12,20H,8,13-14H2,1-2H3,(H,24,30). The predicted octanol–water partition coefficient (Wildman–Crippen LogP) is 2.73. The maximum atomic E-state index is 12.7. The van der Waals surface area contributed by atoms with Crippen molar-refractivity contribution in [2.75, 3.05) is 7.11 Å². The quantitative estimate of drug-likeness (QED) is 0.428. The van der Waals surface area contributed by atoms with Crippen LogP contribution in [0.15, 0.2) is 59.1 Å². The number of amides is 1. The average Bonchev–Trinajstić information content (AvgIpc) is 3.47. The molecule has 2 heterocycles. The van der Waals surface area contributed by atoms with Crippen molar-refractivity contribution in [1.82, 2.24) is 35.7 Å². The Kier molecular flexibility index (Phi) is 6.49. The first kappa shape index (κ1) is 21.2. The second kappa shape index (κ2) is 9.82. The SMILES string of the molecule is COc1ccccc1C(NC(=O)CCCn1nnc(-c2ccccc2)n1)c1noc(C)n1. The third kappa shape index (κ3) is 4.97. The van der Waals surface area contributed by atoms with Gasteiger partial charge in [0.1, 0.15) is 11.8 Å². The number of methoxy groups -OCH3 is 1. The summed E-state index contributed by atoms with van der Waals surface area (Å²) in [5.41, 5.74) is 1.64. The van der Waals surface area contributed by atoms with E-state index in [9.17, 15) is 4.79 Å². The van der Waals surface area contributed by atoms with Crippen molar-refractivity contribution < 1.29 is 14.1 Å². The molecule has 0 aliphatic heterocycles. The number of rotatable bonds is 9. The van der Waals surface area contributed by atoms with E-state index in [1.165, 1.54) is 4.80 Å². The van der Waals surface area contributed by atoms with Gasteiger partial charge < -0.3 is 14.6 Å². The highest BCUT2D eigenvalue weighted by molar-refractivity contribution is 5.77. The maximum absolute atomic E-state index is 12.7. The van der Waals surface area contributed by atoms with E-state index < -0.39 is 6.04 Å². The predicted molar refractivity (Wildman–Crippen MR) is 115 cm³/mol. The molecule has 10 heteroatoms. The van der Waals surface area contributed by atoms with Crippen LogP contribution in [0.5, 0.6) is 5.75 Å². The Labute approximate surface area is 184 Å². The first-order valence-electron chi connectivity index (χ1n) is 10.2. The number of nitrogens with zero attached hydrogens (tertiary/aromatic N) is 6. The average molecular weight is 433 g/mol. The number of nitrogens with one attached hydrogen (secondary N) is 1. The largest absolute Gasteiger partial charge is 0.496 e. The fourth-order valence-corrected chi connectivity index (χ4v) is 3.27. The van der Waals surface area contributed by atoms with Crippen LogP contribution in [-0.2, 0) is 11.3 Å². The maximum Gasteiger partial charge on any atom is 0.223 e. The minimum atomic E-state index is -0.592. The molecule has 0 aliphatic carbocycles. The molecule has 10 nitrogen and oxygen atoms in total. The first-order chi connectivity index (χ1) is 15.6. The fraction of sp³-hybridized carbons (Fsp3) is 0.273. The van der Waals surface area contributed by atoms with Crippen molar-refractivity contribution in [3.63, 3.8) is 0 Å². The van der Waals surface area contributed by atoms with Crippen molar-refractivity contribution in [3.05, 3.63) is 71.9 Å². The van der Waals surface area contributed by atoms with Crippen LogP contribution in [0.25, 0.3) is 11.4 Å². The minimum Gasteiger partial charge on any atom is -0.496 e. The third-order valence-corrected chi connectivity index (χ3v) is 4.80. The van der Waals surface area contributed by atoms with Gasteiger partial charge in [-0.25, -0.2) is 0 Å². The van der Waals surface area contributed by atoms with Gasteiger partial charge in [-0.2, -0.15) is 9.78 Å². The lowest BCUT2D eigenvalue weighted by atomic mass is 10.0. The molecule has 1 N–H and O–H groups in total. The summed E-state index contributed by atoms with van der Waals surface area (Å²) in [6.07, 6.45) is 0.811. The zero-order valence-corrected chi connectivity index (χ0v) is 17.8. The first-order valence-corrected chi connectivity index (χ1v) is 10.2. The number of hydrogen-bond acceptors (Lipinski definition) is 8. The molecule has 4 aromatic rings. The Morgan fingerprint density at radius 1 is 1.16 bits per heavy atom. The summed E-state index contributed by atoms with van der Waals surface area (Å²) in [5, 5.41) is 19.5. The molecule has 0 aliphatic rings. The molecule has 32 heavy (non-hydrogen) atoms. The normalized spacial score (nSPS) is 11.8. The summed E-state index contributed by atoms with van der Waals surface area (Å²) < 4.78 is 10.6. The number of benzene rings is 2. The van der Waals surface area contributed by atoms with Crippen molar-refractivity contribution in [2.45, 2.75) is 32.4 Å². The van der Waals surface area contributed by atoms with Crippen molar-refractivity contribution in [1.29, 1.82) is 0 Å². The molecular formula is C22H23N7O3. The molecular weight excluding hydrogens is 410 g/mol. The van der Waals surface area contributed by atoms with Crippen LogP contribution < -0.4 is 10.1 Å². The van der Waals surface area contributed by atoms with Gasteiger partial charge in [0, 0.05) is 24.5 Å². The van der Waals surface area contributed by atoms with E-state index in [-0.39, 0.29) is 12.3 Å². The van der Waals surface area contributed by atoms with Crippen LogP contribution in [-0.4, -0.2) is 43.4 Å². The van der Waals surface area contributed by atoms with Crippen LogP contribution >= 0.6 is 0 Å². The van der Waals surface area contributed by atoms with Crippen molar-refractivity contribution in [3.8, 4) is 17.1 Å². The van der Waals surface area contributed by atoms with Gasteiger partial charge in [-0.3, -0.25) is 4.79 Å². The van der Waals surface area contributed by atoms with Crippen LogP contribution in [0.2, 0.25) is 0 Å². The van der Waals surface area contributed by atoms with E-state index in [2.05, 4.69) is 30.9 Å². The van der Waals surface area contributed by atoms with E-state index in [1.54, 1.807) is 14.0 Å². The molecule has 1 amide bonds. The van der Waals surface area contributed by atoms with Gasteiger partial charge in [0.05, 0.1) is 13.7 Å². The van der Waals surface area contributed by atoms with E-state index in [0.29, 0.717) is 36.3 Å². The van der Waals surface area contributed by atoms with E-state index in [0.717, 1.165) is 11.1 Å². The molecule has 0 spiro atoms. The lowest BCUT2D eigenvalue weighted by Gasteiger charge is -2.18. The molecule has 2 aromatic heterocycles. The van der Waals surface area contributed by atoms with Gasteiger partial charge in [-0.15, -0.1) is 10.2 Å². The number of ether oxygens (including phenoxy) is 1. The second-order valence-corrected chi connectivity index (χ2v) is 7.09. The summed E-state index contributed by atoms with van der Waals surface area (Å²) in [5.74, 6) is 1.80. The van der Waals surface area contributed by atoms with Gasteiger partial charge in [-0.1, -0.05) is 53.7 Å². The summed E-state index contributed by atoms with van der Waals surface area (Å²) in [7, 11) is 1.58. The van der Waals surface area contributed by atoms with E-state index in [4.69, 9.17) is 9.26 Å². The monoisotopic (exact) mass is 433 g/mol. The topological polar surface area (TPSA) is 121 Å². The van der Waals surface area contributed by atoms with Gasteiger partial charge in [0.2, 0.25) is 17.6 Å². The smallest absolute Gasteiger partial charge is 0.223 e. The highest BCUT2D eigenvalue weighted by atomic mass is 16.5. The van der Waals surface area contributed by atoms with E-state index in [1.807, 2.05) is 54.6 Å². The van der Waals surface area contributed by atoms with Crippen LogP contribution in [0.3, 0.4) is 0 Å². The number of aryl methyl sites for hydroxylation is 2. The molecule has 0 radical (unpaired) electrons. The van der Waals surface area contributed by atoms with Crippen molar-refractivity contribution >= 4 is 5.91 Å². The summed E-state index contributed by atoms with van der Waals surface area (Å²) >= 11 is 0. The third-order valence-electron chi connectivity index (χ3n) is 4.80. The Balaban J connectivity index is 1.39. The fourth-order valence-electron chi connectivity index (χ4n) is 3.27. The van der Waals surface area contributed by atoms with E-state index >= 15 is 0 Å². The number of carbonyl (C=O) groups is 1. The van der Waals surface area contributed by atoms with Gasteiger partial charge in [0.25, 0.3) is 0 Å². The zero-order valence-electron chi connectivity index (χ0n) is 17.8. The van der Waals surface area contributed by atoms with Crippen LogP contribution in [0.4, 0.5) is 0 Å². The lowest BCUT2D eigenvalue weighted by molar-refractivity contribution is -0.121. The number of aromatic nitrogens is 6. The molecule has 1 unspecified atom stereocenters. The summed E-state index contributed by atoms with van der Waals surface area (Å²) in [6, 6.07) is 16.4. The van der Waals surface area contributed by atoms with Crippen LogP contribution in [0.1, 0.15) is 36.2 Å². The Morgan fingerprint density at radius 3 is 2.69 bits per heavy atom. The second-order valence-electron chi connectivity index (χ2n) is 7.09. The number of tetrazole rings is 1. The van der Waals surface area contributed by atoms with Crippen molar-refractivity contribution in [2.24, 2.45) is 0 Å². The number of carbonyl (C=O) groups excluding carboxylic acids is 1. The molecule has 0 saturated carbocycles. The molecule has 0 saturated heterocycles. The van der Waals surface area contributed by atoms with Crippen LogP contribution in [0, 0.1) is 6.92 Å².